The molecule has 4 rings (SSSR count). The van der Waals surface area contributed by atoms with Gasteiger partial charge in [-0.3, -0.25) is 4.79 Å². The van der Waals surface area contributed by atoms with Gasteiger partial charge in [0.15, 0.2) is 5.78 Å². The van der Waals surface area contributed by atoms with Gasteiger partial charge in [0.05, 0.1) is 5.60 Å². The summed E-state index contributed by atoms with van der Waals surface area (Å²) in [5.74, 6) is 2.68. The summed E-state index contributed by atoms with van der Waals surface area (Å²) in [6.45, 7) is 9.12. The Morgan fingerprint density at radius 3 is 2.57 bits per heavy atom. The molecule has 0 saturated heterocycles. The highest BCUT2D eigenvalue weighted by molar-refractivity contribution is 6.01. The van der Waals surface area contributed by atoms with Crippen molar-refractivity contribution in [1.82, 2.24) is 0 Å². The molecule has 3 saturated carbocycles. The molecule has 0 aromatic heterocycles. The molecule has 0 aromatic rings. The van der Waals surface area contributed by atoms with Gasteiger partial charge in [-0.1, -0.05) is 32.4 Å². The highest BCUT2D eigenvalue weighted by atomic mass is 16.3. The minimum Gasteiger partial charge on any atom is -0.390 e. The monoisotopic (exact) mass is 314 g/mol. The van der Waals surface area contributed by atoms with Crippen LogP contribution in [0.25, 0.3) is 0 Å². The van der Waals surface area contributed by atoms with Crippen molar-refractivity contribution in [2.75, 3.05) is 0 Å². The zero-order chi connectivity index (χ0) is 16.6. The van der Waals surface area contributed by atoms with E-state index in [2.05, 4.69) is 33.8 Å². The van der Waals surface area contributed by atoms with Gasteiger partial charge in [-0.2, -0.15) is 0 Å². The Bertz CT molecular complexity index is 613. The largest absolute Gasteiger partial charge is 0.390 e. The Morgan fingerprint density at radius 2 is 1.83 bits per heavy atom. The van der Waals surface area contributed by atoms with Crippen molar-refractivity contribution in [3.63, 3.8) is 0 Å². The summed E-state index contributed by atoms with van der Waals surface area (Å²) in [7, 11) is 0. The lowest BCUT2D eigenvalue weighted by Gasteiger charge is -2.59. The van der Waals surface area contributed by atoms with Crippen LogP contribution in [0.15, 0.2) is 23.8 Å². The highest BCUT2D eigenvalue weighted by Gasteiger charge is 2.63. The molecular weight excluding hydrogens is 284 g/mol. The number of carbonyl (C=O) groups excluding carboxylic acids is 1. The Balaban J connectivity index is 1.76. The Labute approximate surface area is 140 Å². The van der Waals surface area contributed by atoms with E-state index in [1.807, 2.05) is 6.08 Å². The van der Waals surface area contributed by atoms with Gasteiger partial charge in [0.2, 0.25) is 0 Å². The van der Waals surface area contributed by atoms with Crippen LogP contribution in [0.2, 0.25) is 0 Å². The first kappa shape index (κ1) is 15.6. The van der Waals surface area contributed by atoms with Gasteiger partial charge in [-0.05, 0) is 80.3 Å². The molecule has 0 unspecified atom stereocenters. The van der Waals surface area contributed by atoms with Gasteiger partial charge in [0.25, 0.3) is 0 Å². The van der Waals surface area contributed by atoms with Crippen LogP contribution in [0.1, 0.15) is 59.8 Å². The minimum atomic E-state index is -0.516. The van der Waals surface area contributed by atoms with Crippen LogP contribution in [0.3, 0.4) is 0 Å². The highest BCUT2D eigenvalue weighted by Crippen LogP contribution is 2.67. The van der Waals surface area contributed by atoms with Gasteiger partial charge in [0.1, 0.15) is 0 Å². The van der Waals surface area contributed by atoms with Crippen molar-refractivity contribution >= 4 is 5.78 Å². The van der Waals surface area contributed by atoms with E-state index >= 15 is 0 Å². The number of allylic oxidation sites excluding steroid dienone is 4. The maximum absolute atomic E-state index is 11.8. The fourth-order valence-electron chi connectivity index (χ4n) is 6.79. The van der Waals surface area contributed by atoms with Gasteiger partial charge >= 0.3 is 0 Å². The van der Waals surface area contributed by atoms with Gasteiger partial charge in [0, 0.05) is 5.41 Å². The van der Waals surface area contributed by atoms with E-state index in [-0.39, 0.29) is 16.6 Å². The molecule has 0 bridgehead atoms. The predicted molar refractivity (Wildman–Crippen MR) is 91.8 cm³/mol. The van der Waals surface area contributed by atoms with E-state index in [1.165, 1.54) is 12.0 Å². The summed E-state index contributed by atoms with van der Waals surface area (Å²) in [5, 5.41) is 11.0. The smallest absolute Gasteiger partial charge is 0.178 e. The molecule has 23 heavy (non-hydrogen) atoms. The molecule has 7 atom stereocenters. The van der Waals surface area contributed by atoms with Gasteiger partial charge in [-0.15, -0.1) is 0 Å². The first-order valence-corrected chi connectivity index (χ1v) is 9.36. The molecule has 1 N–H and O–H groups in total. The van der Waals surface area contributed by atoms with Crippen molar-refractivity contribution in [3.8, 4) is 0 Å². The molecule has 0 aromatic carbocycles. The Morgan fingerprint density at radius 1 is 1.13 bits per heavy atom. The lowest BCUT2D eigenvalue weighted by Crippen LogP contribution is -2.55. The Kier molecular flexibility index (Phi) is 3.12. The van der Waals surface area contributed by atoms with E-state index in [9.17, 15) is 9.90 Å². The Hall–Kier alpha value is -0.890. The van der Waals surface area contributed by atoms with Gasteiger partial charge < -0.3 is 5.11 Å². The number of hydrogen-bond acceptors (Lipinski definition) is 2. The van der Waals surface area contributed by atoms with E-state index in [0.29, 0.717) is 23.7 Å². The SMILES string of the molecule is C[C@@H]1CC2=CC(=O)C=C[C@]2(C)[C@H]2CC[C@@]3(C)[C@@H](CC[C@@]3(C)O)[C@H]12. The van der Waals surface area contributed by atoms with Crippen molar-refractivity contribution in [2.45, 2.75) is 65.4 Å². The average Bonchev–Trinajstić information content (AvgIpc) is 2.72. The van der Waals surface area contributed by atoms with Crippen LogP contribution in [0.4, 0.5) is 0 Å². The van der Waals surface area contributed by atoms with E-state index in [4.69, 9.17) is 0 Å². The van der Waals surface area contributed by atoms with Gasteiger partial charge in [-0.25, -0.2) is 0 Å². The third-order valence-electron chi connectivity index (χ3n) is 8.47. The standard InChI is InChI=1S/C21H30O2/c1-13-11-14-12-15(22)5-8-19(14,2)16-6-9-20(3)17(18(13)16)7-10-21(20,4)23/h5,8,12-13,16-18,23H,6-7,9-11H2,1-4H3/t13-,16+,17+,18-,19+,20+,21-/m1/s1. The maximum Gasteiger partial charge on any atom is 0.178 e. The van der Waals surface area contributed by atoms with Crippen molar-refractivity contribution < 1.29 is 9.90 Å². The second kappa shape index (κ2) is 4.59. The topological polar surface area (TPSA) is 37.3 Å². The normalized spacial score (nSPS) is 55.0. The second-order valence-corrected chi connectivity index (χ2v) is 9.43. The zero-order valence-electron chi connectivity index (χ0n) is 14.9. The van der Waals surface area contributed by atoms with E-state index in [0.717, 1.165) is 25.7 Å². The molecular formula is C21H30O2. The lowest BCUT2D eigenvalue weighted by molar-refractivity contribution is -0.123. The molecule has 4 aliphatic carbocycles. The van der Waals surface area contributed by atoms with Crippen LogP contribution < -0.4 is 0 Å². The lowest BCUT2D eigenvalue weighted by atomic mass is 9.45. The average molecular weight is 314 g/mol. The molecule has 0 heterocycles. The van der Waals surface area contributed by atoms with Crippen LogP contribution in [-0.4, -0.2) is 16.5 Å². The summed E-state index contributed by atoms with van der Waals surface area (Å²) >= 11 is 0. The molecule has 0 aliphatic heterocycles. The summed E-state index contributed by atoms with van der Waals surface area (Å²) < 4.78 is 0. The number of carbonyl (C=O) groups is 1. The number of aliphatic hydroxyl groups is 1. The minimum absolute atomic E-state index is 0.0564. The second-order valence-electron chi connectivity index (χ2n) is 9.43. The fourth-order valence-corrected chi connectivity index (χ4v) is 6.79. The van der Waals surface area contributed by atoms with E-state index < -0.39 is 5.60 Å². The predicted octanol–water partition coefficient (Wildman–Crippen LogP) is 4.29. The fraction of sp³-hybridized carbons (Fsp3) is 0.762. The first-order chi connectivity index (χ1) is 10.7. The molecule has 2 heteroatoms. The summed E-state index contributed by atoms with van der Waals surface area (Å²) in [5.41, 5.74) is 0.958. The van der Waals surface area contributed by atoms with Crippen molar-refractivity contribution in [3.05, 3.63) is 23.8 Å². The molecule has 0 amide bonds. The van der Waals surface area contributed by atoms with Crippen molar-refractivity contribution in [1.29, 1.82) is 0 Å². The summed E-state index contributed by atoms with van der Waals surface area (Å²) in [6.07, 6.45) is 11.3. The molecule has 3 fully saturated rings. The number of rotatable bonds is 0. The van der Waals surface area contributed by atoms with Crippen LogP contribution >= 0.6 is 0 Å². The molecule has 0 radical (unpaired) electrons. The third-order valence-corrected chi connectivity index (χ3v) is 8.47. The van der Waals surface area contributed by atoms with Crippen molar-refractivity contribution in [2.24, 2.45) is 34.5 Å². The molecule has 0 spiro atoms. The van der Waals surface area contributed by atoms with E-state index in [1.54, 1.807) is 6.08 Å². The van der Waals surface area contributed by atoms with Crippen LogP contribution in [0, 0.1) is 34.5 Å². The quantitative estimate of drug-likeness (QED) is 0.724. The summed E-state index contributed by atoms with van der Waals surface area (Å²) in [4.78, 5) is 11.8. The molecule has 126 valence electrons. The van der Waals surface area contributed by atoms with Crippen LogP contribution in [-0.2, 0) is 4.79 Å². The maximum atomic E-state index is 11.8. The zero-order valence-corrected chi connectivity index (χ0v) is 14.9. The summed E-state index contributed by atoms with van der Waals surface area (Å²) in [6, 6.07) is 0. The third kappa shape index (κ3) is 1.88. The number of ketones is 1. The number of hydrogen-bond donors (Lipinski definition) is 1. The molecule has 2 nitrogen and oxygen atoms in total. The first-order valence-electron chi connectivity index (χ1n) is 9.36. The van der Waals surface area contributed by atoms with Crippen LogP contribution in [0.5, 0.6) is 0 Å². The number of fused-ring (bicyclic) bond motifs is 5. The molecule has 4 aliphatic rings.